The summed E-state index contributed by atoms with van der Waals surface area (Å²) in [6, 6.07) is 12.9. The Balaban J connectivity index is 2.02. The van der Waals surface area contributed by atoms with Crippen LogP contribution in [-0.4, -0.2) is 13.2 Å². The van der Waals surface area contributed by atoms with E-state index < -0.39 is 0 Å². The van der Waals surface area contributed by atoms with Crippen LogP contribution in [0.15, 0.2) is 36.4 Å². The van der Waals surface area contributed by atoms with E-state index in [0.717, 1.165) is 31.9 Å². The fourth-order valence-corrected chi connectivity index (χ4v) is 3.06. The summed E-state index contributed by atoms with van der Waals surface area (Å²) in [7, 11) is 0. The van der Waals surface area contributed by atoms with Crippen LogP contribution in [0.2, 0.25) is 0 Å². The number of fused-ring (bicyclic) bond motifs is 1. The smallest absolute Gasteiger partial charge is 0.124 e. The Morgan fingerprint density at radius 3 is 2.46 bits per heavy atom. The molecule has 0 saturated heterocycles. The van der Waals surface area contributed by atoms with Gasteiger partial charge in [0.1, 0.15) is 5.75 Å². The van der Waals surface area contributed by atoms with Crippen LogP contribution in [0.1, 0.15) is 64.4 Å². The van der Waals surface area contributed by atoms with Crippen LogP contribution >= 0.6 is 0 Å². The van der Waals surface area contributed by atoms with Gasteiger partial charge in [-0.15, -0.1) is 0 Å². The highest BCUT2D eigenvalue weighted by atomic mass is 16.5. The van der Waals surface area contributed by atoms with E-state index in [1.54, 1.807) is 0 Å². The lowest BCUT2D eigenvalue weighted by Crippen LogP contribution is -2.16. The molecule has 0 bridgehead atoms. The van der Waals surface area contributed by atoms with Crippen molar-refractivity contribution in [1.82, 2.24) is 5.32 Å². The van der Waals surface area contributed by atoms with Gasteiger partial charge in [-0.25, -0.2) is 0 Å². The molecule has 0 atom stereocenters. The van der Waals surface area contributed by atoms with Crippen molar-refractivity contribution in [3.63, 3.8) is 0 Å². The Labute approximate surface area is 147 Å². The van der Waals surface area contributed by atoms with Gasteiger partial charge in [0, 0.05) is 12.1 Å². The molecule has 0 aliphatic heterocycles. The minimum atomic E-state index is 0.815. The Morgan fingerprint density at radius 2 is 1.62 bits per heavy atom. The van der Waals surface area contributed by atoms with Crippen molar-refractivity contribution < 1.29 is 4.74 Å². The normalized spacial score (nSPS) is 11.1. The predicted octanol–water partition coefficient (Wildman–Crippen LogP) is 6.08. The van der Waals surface area contributed by atoms with Crippen LogP contribution in [-0.2, 0) is 6.54 Å². The SMILES string of the molecule is CCCCCCNCc1c(OCCCCC)ccc2ccccc12. The minimum Gasteiger partial charge on any atom is -0.493 e. The molecule has 2 heteroatoms. The molecule has 1 N–H and O–H groups in total. The van der Waals surface area contributed by atoms with E-state index in [0.29, 0.717) is 0 Å². The first-order chi connectivity index (χ1) is 11.9. The lowest BCUT2D eigenvalue weighted by atomic mass is 10.0. The zero-order chi connectivity index (χ0) is 17.0. The maximum atomic E-state index is 6.10. The highest BCUT2D eigenvalue weighted by molar-refractivity contribution is 5.87. The molecule has 0 heterocycles. The van der Waals surface area contributed by atoms with Crippen molar-refractivity contribution in [2.75, 3.05) is 13.2 Å². The van der Waals surface area contributed by atoms with Gasteiger partial charge in [0.05, 0.1) is 6.61 Å². The third kappa shape index (κ3) is 5.83. The number of hydrogen-bond acceptors (Lipinski definition) is 2. The fourth-order valence-electron chi connectivity index (χ4n) is 3.06. The second-order valence-corrected chi connectivity index (χ2v) is 6.56. The van der Waals surface area contributed by atoms with Crippen LogP contribution in [0, 0.1) is 0 Å². The predicted molar refractivity (Wildman–Crippen MR) is 105 cm³/mol. The molecule has 2 rings (SSSR count). The molecule has 2 aromatic carbocycles. The largest absolute Gasteiger partial charge is 0.493 e. The van der Waals surface area contributed by atoms with Crippen LogP contribution < -0.4 is 10.1 Å². The molecule has 0 spiro atoms. The average molecular weight is 328 g/mol. The highest BCUT2D eigenvalue weighted by Crippen LogP contribution is 2.28. The van der Waals surface area contributed by atoms with Crippen LogP contribution in [0.4, 0.5) is 0 Å². The summed E-state index contributed by atoms with van der Waals surface area (Å²) in [6.07, 6.45) is 8.80. The topological polar surface area (TPSA) is 21.3 Å². The van der Waals surface area contributed by atoms with Crippen molar-refractivity contribution in [3.05, 3.63) is 42.0 Å². The van der Waals surface area contributed by atoms with Gasteiger partial charge in [-0.1, -0.05) is 76.3 Å². The first-order valence-corrected chi connectivity index (χ1v) is 9.71. The summed E-state index contributed by atoms with van der Waals surface area (Å²) in [5, 5.41) is 6.22. The molecule has 132 valence electrons. The van der Waals surface area contributed by atoms with Gasteiger partial charge in [-0.2, -0.15) is 0 Å². The number of ether oxygens (including phenoxy) is 1. The molecule has 0 amide bonds. The Kier molecular flexibility index (Phi) is 8.69. The van der Waals surface area contributed by atoms with Crippen molar-refractivity contribution in [2.45, 2.75) is 65.3 Å². The third-order valence-corrected chi connectivity index (χ3v) is 4.51. The summed E-state index contributed by atoms with van der Waals surface area (Å²) in [6.45, 7) is 7.26. The summed E-state index contributed by atoms with van der Waals surface area (Å²) < 4.78 is 6.10. The number of hydrogen-bond donors (Lipinski definition) is 1. The second-order valence-electron chi connectivity index (χ2n) is 6.56. The molecule has 0 aliphatic rings. The van der Waals surface area contributed by atoms with E-state index in [1.165, 1.54) is 54.9 Å². The van der Waals surface area contributed by atoms with E-state index in [9.17, 15) is 0 Å². The molecule has 0 radical (unpaired) electrons. The van der Waals surface area contributed by atoms with Gasteiger partial charge in [0.2, 0.25) is 0 Å². The lowest BCUT2D eigenvalue weighted by Gasteiger charge is -2.15. The van der Waals surface area contributed by atoms with Gasteiger partial charge in [0.25, 0.3) is 0 Å². The van der Waals surface area contributed by atoms with Crippen LogP contribution in [0.3, 0.4) is 0 Å². The molecular formula is C22H33NO. The molecular weight excluding hydrogens is 294 g/mol. The van der Waals surface area contributed by atoms with Crippen LogP contribution in [0.25, 0.3) is 10.8 Å². The molecule has 0 unspecified atom stereocenters. The van der Waals surface area contributed by atoms with Crippen molar-refractivity contribution in [2.24, 2.45) is 0 Å². The number of unbranched alkanes of at least 4 members (excludes halogenated alkanes) is 5. The molecule has 0 saturated carbocycles. The molecule has 24 heavy (non-hydrogen) atoms. The number of benzene rings is 2. The second kappa shape index (κ2) is 11.1. The fraction of sp³-hybridized carbons (Fsp3) is 0.545. The molecule has 2 aromatic rings. The van der Waals surface area contributed by atoms with Gasteiger partial charge >= 0.3 is 0 Å². The first kappa shape index (κ1) is 18.8. The number of rotatable bonds is 12. The summed E-state index contributed by atoms with van der Waals surface area (Å²) in [4.78, 5) is 0. The monoisotopic (exact) mass is 327 g/mol. The summed E-state index contributed by atoms with van der Waals surface area (Å²) in [5.41, 5.74) is 1.31. The van der Waals surface area contributed by atoms with Gasteiger partial charge in [-0.3, -0.25) is 0 Å². The average Bonchev–Trinajstić information content (AvgIpc) is 2.62. The summed E-state index contributed by atoms with van der Waals surface area (Å²) >= 11 is 0. The van der Waals surface area contributed by atoms with E-state index in [1.807, 2.05) is 0 Å². The Bertz CT molecular complexity index is 594. The zero-order valence-electron chi connectivity index (χ0n) is 15.4. The molecule has 2 nitrogen and oxygen atoms in total. The maximum Gasteiger partial charge on any atom is 0.124 e. The quantitative estimate of drug-likeness (QED) is 0.477. The Hall–Kier alpha value is -1.54. The van der Waals surface area contributed by atoms with Crippen molar-refractivity contribution >= 4 is 10.8 Å². The van der Waals surface area contributed by atoms with E-state index in [4.69, 9.17) is 4.74 Å². The number of nitrogens with one attached hydrogen (secondary N) is 1. The third-order valence-electron chi connectivity index (χ3n) is 4.51. The van der Waals surface area contributed by atoms with E-state index in [-0.39, 0.29) is 0 Å². The zero-order valence-corrected chi connectivity index (χ0v) is 15.4. The van der Waals surface area contributed by atoms with Crippen molar-refractivity contribution in [1.29, 1.82) is 0 Å². The maximum absolute atomic E-state index is 6.10. The molecule has 0 aromatic heterocycles. The first-order valence-electron chi connectivity index (χ1n) is 9.71. The van der Waals surface area contributed by atoms with E-state index in [2.05, 4.69) is 55.6 Å². The van der Waals surface area contributed by atoms with Gasteiger partial charge in [0.15, 0.2) is 0 Å². The van der Waals surface area contributed by atoms with E-state index >= 15 is 0 Å². The van der Waals surface area contributed by atoms with Gasteiger partial charge in [-0.05, 0) is 36.2 Å². The molecule has 0 aliphatic carbocycles. The summed E-state index contributed by atoms with van der Waals surface area (Å²) in [5.74, 6) is 1.05. The van der Waals surface area contributed by atoms with Gasteiger partial charge < -0.3 is 10.1 Å². The van der Waals surface area contributed by atoms with Crippen LogP contribution in [0.5, 0.6) is 5.75 Å². The Morgan fingerprint density at radius 1 is 0.833 bits per heavy atom. The highest BCUT2D eigenvalue weighted by Gasteiger charge is 2.08. The van der Waals surface area contributed by atoms with Crippen molar-refractivity contribution in [3.8, 4) is 5.75 Å². The molecule has 0 fully saturated rings. The standard InChI is InChI=1S/C22H33NO/c1-3-5-7-10-16-23-18-21-20-13-9-8-12-19(20)14-15-22(21)24-17-11-6-4-2/h8-9,12-15,23H,3-7,10-11,16-18H2,1-2H3. The lowest BCUT2D eigenvalue weighted by molar-refractivity contribution is 0.303. The minimum absolute atomic E-state index is 0.815.